The fourth-order valence-corrected chi connectivity index (χ4v) is 2.58. The molecule has 1 aromatic carbocycles. The molecule has 0 aliphatic rings. The van der Waals surface area contributed by atoms with Crippen LogP contribution in [0.4, 0.5) is 5.95 Å². The van der Waals surface area contributed by atoms with E-state index in [0.29, 0.717) is 36.8 Å². The van der Waals surface area contributed by atoms with Gasteiger partial charge in [0.15, 0.2) is 0 Å². The average Bonchev–Trinajstić information content (AvgIpc) is 2.90. The van der Waals surface area contributed by atoms with E-state index in [9.17, 15) is 4.79 Å². The summed E-state index contributed by atoms with van der Waals surface area (Å²) in [7, 11) is 1.61. The zero-order chi connectivity index (χ0) is 19.1. The van der Waals surface area contributed by atoms with Gasteiger partial charge in [-0.1, -0.05) is 12.7 Å². The van der Waals surface area contributed by atoms with Gasteiger partial charge in [-0.05, 0) is 38.1 Å². The number of nitrogens with two attached hydrogens (primary N) is 1. The van der Waals surface area contributed by atoms with Crippen LogP contribution in [0.2, 0.25) is 0 Å². The molecule has 0 spiro atoms. The Balaban J connectivity index is 2.39. The number of carbonyl (C=O) groups excluding carboxylic acids is 1. The van der Waals surface area contributed by atoms with Crippen molar-refractivity contribution in [2.75, 3.05) is 26.1 Å². The van der Waals surface area contributed by atoms with Crippen molar-refractivity contribution in [3.8, 4) is 0 Å². The van der Waals surface area contributed by atoms with Gasteiger partial charge in [-0.2, -0.15) is 0 Å². The molecule has 0 unspecified atom stereocenters. The number of methoxy groups -OCH3 is 1. The number of fused-ring (bicyclic) bond motifs is 1. The maximum Gasteiger partial charge on any atom is 0.338 e. The molecule has 0 aliphatic carbocycles. The van der Waals surface area contributed by atoms with Crippen molar-refractivity contribution >= 4 is 28.7 Å². The SMILES string of the molecule is C=C/C=C(/C)N=C(COC)Cn1c(N)nc2cc(C(=O)OCC)ccc21. The first kappa shape index (κ1) is 19.4. The molecule has 1 aromatic heterocycles. The van der Waals surface area contributed by atoms with Crippen LogP contribution in [-0.2, 0) is 16.0 Å². The van der Waals surface area contributed by atoms with Gasteiger partial charge in [0, 0.05) is 12.8 Å². The maximum absolute atomic E-state index is 11.9. The minimum absolute atomic E-state index is 0.321. The van der Waals surface area contributed by atoms with Gasteiger partial charge in [0.2, 0.25) is 5.95 Å². The van der Waals surface area contributed by atoms with Gasteiger partial charge >= 0.3 is 5.97 Å². The van der Waals surface area contributed by atoms with Crippen LogP contribution in [0.3, 0.4) is 0 Å². The highest BCUT2D eigenvalue weighted by Crippen LogP contribution is 2.20. The summed E-state index contributed by atoms with van der Waals surface area (Å²) in [5, 5.41) is 0. The van der Waals surface area contributed by atoms with Crippen LogP contribution in [0, 0.1) is 0 Å². The number of aromatic nitrogens is 2. The molecule has 7 heteroatoms. The summed E-state index contributed by atoms with van der Waals surface area (Å²) in [5.41, 5.74) is 9.58. The number of hydrogen-bond acceptors (Lipinski definition) is 6. The van der Waals surface area contributed by atoms with E-state index >= 15 is 0 Å². The minimum Gasteiger partial charge on any atom is -0.462 e. The standard InChI is InChI=1S/C19H24N4O3/c1-5-7-13(3)21-15(12-25-4)11-23-17-9-8-14(18(24)26-6-2)10-16(17)22-19(23)20/h5,7-10H,1,6,11-12H2,2-4H3,(H2,20,22)/b13-7-,21-15?. The van der Waals surface area contributed by atoms with E-state index < -0.39 is 0 Å². The normalized spacial score (nSPS) is 12.4. The number of esters is 1. The minimum atomic E-state index is -0.380. The third-order valence-electron chi connectivity index (χ3n) is 3.63. The van der Waals surface area contributed by atoms with Gasteiger partial charge < -0.3 is 19.8 Å². The summed E-state index contributed by atoms with van der Waals surface area (Å²) in [6, 6.07) is 5.19. The number of imidazole rings is 1. The Morgan fingerprint density at radius 1 is 1.46 bits per heavy atom. The molecule has 0 atom stereocenters. The van der Waals surface area contributed by atoms with E-state index in [-0.39, 0.29) is 5.97 Å². The smallest absolute Gasteiger partial charge is 0.338 e. The third-order valence-corrected chi connectivity index (χ3v) is 3.63. The number of nitrogen functional groups attached to an aromatic ring is 1. The van der Waals surface area contributed by atoms with Crippen molar-refractivity contribution < 1.29 is 14.3 Å². The molecule has 0 amide bonds. The van der Waals surface area contributed by atoms with Gasteiger partial charge in [-0.15, -0.1) is 0 Å². The Labute approximate surface area is 152 Å². The van der Waals surface area contributed by atoms with E-state index in [1.165, 1.54) is 0 Å². The van der Waals surface area contributed by atoms with Gasteiger partial charge in [-0.3, -0.25) is 4.99 Å². The molecule has 0 radical (unpaired) electrons. The molecule has 0 fully saturated rings. The quantitative estimate of drug-likeness (QED) is 0.446. The number of benzene rings is 1. The van der Waals surface area contributed by atoms with Gasteiger partial charge in [0.25, 0.3) is 0 Å². The van der Waals surface area contributed by atoms with Crippen LogP contribution < -0.4 is 5.73 Å². The van der Waals surface area contributed by atoms with Crippen molar-refractivity contribution in [2.45, 2.75) is 20.4 Å². The molecule has 0 saturated heterocycles. The predicted octanol–water partition coefficient (Wildman–Crippen LogP) is 2.97. The fourth-order valence-electron chi connectivity index (χ4n) is 2.58. The zero-order valence-electron chi connectivity index (χ0n) is 15.4. The third kappa shape index (κ3) is 4.58. The first-order valence-corrected chi connectivity index (χ1v) is 8.27. The number of carbonyl (C=O) groups is 1. The Kier molecular flexibility index (Phi) is 6.68. The molecule has 2 N–H and O–H groups in total. The summed E-state index contributed by atoms with van der Waals surface area (Å²) in [6.07, 6.45) is 3.50. The maximum atomic E-state index is 11.9. The van der Waals surface area contributed by atoms with Crippen molar-refractivity contribution in [3.05, 3.63) is 48.2 Å². The largest absolute Gasteiger partial charge is 0.462 e. The fraction of sp³-hybridized carbons (Fsp3) is 0.316. The van der Waals surface area contributed by atoms with Crippen LogP contribution >= 0.6 is 0 Å². The van der Waals surface area contributed by atoms with E-state index in [2.05, 4.69) is 16.6 Å². The molecular formula is C19H24N4O3. The molecule has 0 aliphatic heterocycles. The highest BCUT2D eigenvalue weighted by molar-refractivity contribution is 5.95. The van der Waals surface area contributed by atoms with Crippen molar-refractivity contribution in [3.63, 3.8) is 0 Å². The molecule has 26 heavy (non-hydrogen) atoms. The second-order valence-corrected chi connectivity index (χ2v) is 5.63. The lowest BCUT2D eigenvalue weighted by atomic mass is 10.2. The number of rotatable bonds is 8. The molecule has 2 aromatic rings. The molecule has 0 saturated carbocycles. The van der Waals surface area contributed by atoms with Gasteiger partial charge in [-0.25, -0.2) is 9.78 Å². The number of allylic oxidation sites excluding steroid dienone is 3. The Morgan fingerprint density at radius 3 is 2.88 bits per heavy atom. The lowest BCUT2D eigenvalue weighted by Crippen LogP contribution is -2.17. The monoisotopic (exact) mass is 356 g/mol. The first-order chi connectivity index (χ1) is 12.5. The van der Waals surface area contributed by atoms with Crippen LogP contribution in [0.5, 0.6) is 0 Å². The Hall–Kier alpha value is -2.93. The van der Waals surface area contributed by atoms with E-state index in [1.54, 1.807) is 32.2 Å². The summed E-state index contributed by atoms with van der Waals surface area (Å²) in [5.74, 6) is -0.0375. The lowest BCUT2D eigenvalue weighted by Gasteiger charge is -2.10. The second-order valence-electron chi connectivity index (χ2n) is 5.63. The van der Waals surface area contributed by atoms with Crippen LogP contribution in [0.25, 0.3) is 11.0 Å². The second kappa shape index (κ2) is 8.96. The molecular weight excluding hydrogens is 332 g/mol. The molecule has 2 rings (SSSR count). The van der Waals surface area contributed by atoms with Crippen molar-refractivity contribution in [2.24, 2.45) is 4.99 Å². The number of ether oxygens (including phenoxy) is 2. The summed E-state index contributed by atoms with van der Waals surface area (Å²) in [4.78, 5) is 20.8. The number of anilines is 1. The van der Waals surface area contributed by atoms with Crippen molar-refractivity contribution in [1.29, 1.82) is 0 Å². The number of hydrogen-bond donors (Lipinski definition) is 1. The number of nitrogens with zero attached hydrogens (tertiary/aromatic N) is 3. The molecule has 1 heterocycles. The summed E-state index contributed by atoms with van der Waals surface area (Å²) in [6.45, 7) is 8.44. The van der Waals surface area contributed by atoms with Crippen LogP contribution in [-0.4, -0.2) is 41.6 Å². The van der Waals surface area contributed by atoms with E-state index in [4.69, 9.17) is 15.2 Å². The highest BCUT2D eigenvalue weighted by Gasteiger charge is 2.14. The predicted molar refractivity (Wildman–Crippen MR) is 103 cm³/mol. The number of aliphatic imine (C=N–C) groups is 1. The van der Waals surface area contributed by atoms with E-state index in [0.717, 1.165) is 16.9 Å². The average molecular weight is 356 g/mol. The lowest BCUT2D eigenvalue weighted by molar-refractivity contribution is 0.0526. The van der Waals surface area contributed by atoms with Crippen LogP contribution in [0.1, 0.15) is 24.2 Å². The zero-order valence-corrected chi connectivity index (χ0v) is 15.4. The molecule has 0 bridgehead atoms. The summed E-state index contributed by atoms with van der Waals surface area (Å²) < 4.78 is 12.1. The van der Waals surface area contributed by atoms with E-state index in [1.807, 2.05) is 23.6 Å². The Bertz CT molecular complexity index is 865. The first-order valence-electron chi connectivity index (χ1n) is 8.27. The molecule has 138 valence electrons. The van der Waals surface area contributed by atoms with Gasteiger partial charge in [0.1, 0.15) is 0 Å². The van der Waals surface area contributed by atoms with Crippen molar-refractivity contribution in [1.82, 2.24) is 9.55 Å². The van der Waals surface area contributed by atoms with Gasteiger partial charge in [0.05, 0.1) is 42.1 Å². The van der Waals surface area contributed by atoms with Crippen LogP contribution in [0.15, 0.2) is 47.6 Å². The topological polar surface area (TPSA) is 91.7 Å². The molecule has 7 nitrogen and oxygen atoms in total. The summed E-state index contributed by atoms with van der Waals surface area (Å²) >= 11 is 0. The highest BCUT2D eigenvalue weighted by atomic mass is 16.5. The Morgan fingerprint density at radius 2 is 2.23 bits per heavy atom.